The second kappa shape index (κ2) is 7.68. The van der Waals surface area contributed by atoms with Gasteiger partial charge in [-0.3, -0.25) is 4.79 Å². The van der Waals surface area contributed by atoms with Crippen LogP contribution in [0, 0.1) is 0 Å². The molecule has 0 atom stereocenters. The molecule has 0 N–H and O–H groups in total. The first-order chi connectivity index (χ1) is 8.31. The Morgan fingerprint density at radius 1 is 1.18 bits per heavy atom. The molecule has 17 heavy (non-hydrogen) atoms. The summed E-state index contributed by atoms with van der Waals surface area (Å²) in [5.74, 6) is 1.25. The highest BCUT2D eigenvalue weighted by molar-refractivity contribution is 5.79. The normalized spacial score (nSPS) is 10.0. The molecule has 4 nitrogen and oxygen atoms in total. The summed E-state index contributed by atoms with van der Waals surface area (Å²) < 4.78 is 15.8. The van der Waals surface area contributed by atoms with Gasteiger partial charge >= 0.3 is 0 Å². The maximum absolute atomic E-state index is 10.8. The van der Waals surface area contributed by atoms with Crippen molar-refractivity contribution in [2.24, 2.45) is 0 Å². The fourth-order valence-corrected chi connectivity index (χ4v) is 1.28. The SMILES string of the molecule is CCCOc1ccc(C=O)c(OCCOC)c1. The summed E-state index contributed by atoms with van der Waals surface area (Å²) in [5, 5.41) is 0. The van der Waals surface area contributed by atoms with Crippen LogP contribution in [0.15, 0.2) is 18.2 Å². The molecule has 1 rings (SSSR count). The van der Waals surface area contributed by atoms with E-state index in [0.29, 0.717) is 36.9 Å². The number of aldehydes is 1. The quantitative estimate of drug-likeness (QED) is 0.515. The zero-order chi connectivity index (χ0) is 12.5. The lowest BCUT2D eigenvalue weighted by Gasteiger charge is -2.10. The predicted octanol–water partition coefficient (Wildman–Crippen LogP) is 2.31. The fourth-order valence-electron chi connectivity index (χ4n) is 1.28. The van der Waals surface area contributed by atoms with Crippen LogP contribution in [0.4, 0.5) is 0 Å². The number of hydrogen-bond donors (Lipinski definition) is 0. The van der Waals surface area contributed by atoms with Crippen LogP contribution in [0.5, 0.6) is 11.5 Å². The smallest absolute Gasteiger partial charge is 0.153 e. The van der Waals surface area contributed by atoms with Crippen molar-refractivity contribution in [1.29, 1.82) is 0 Å². The van der Waals surface area contributed by atoms with E-state index in [-0.39, 0.29) is 0 Å². The Bertz CT molecular complexity index is 349. The molecular weight excluding hydrogens is 220 g/mol. The predicted molar refractivity (Wildman–Crippen MR) is 65.0 cm³/mol. The molecule has 0 heterocycles. The Labute approximate surface area is 101 Å². The first-order valence-electron chi connectivity index (χ1n) is 5.65. The minimum absolute atomic E-state index is 0.411. The maximum atomic E-state index is 10.8. The zero-order valence-corrected chi connectivity index (χ0v) is 10.3. The summed E-state index contributed by atoms with van der Waals surface area (Å²) in [4.78, 5) is 10.8. The van der Waals surface area contributed by atoms with Crippen LogP contribution >= 0.6 is 0 Å². The molecule has 0 amide bonds. The Balaban J connectivity index is 2.71. The van der Waals surface area contributed by atoms with Gasteiger partial charge in [0.2, 0.25) is 0 Å². The van der Waals surface area contributed by atoms with Crippen LogP contribution in [-0.4, -0.2) is 33.2 Å². The van der Waals surface area contributed by atoms with E-state index < -0.39 is 0 Å². The summed E-state index contributed by atoms with van der Waals surface area (Å²) in [5.41, 5.74) is 0.518. The van der Waals surface area contributed by atoms with E-state index in [9.17, 15) is 4.79 Å². The molecule has 0 radical (unpaired) electrons. The third-order valence-electron chi connectivity index (χ3n) is 2.13. The van der Waals surface area contributed by atoms with Gasteiger partial charge in [-0.1, -0.05) is 6.92 Å². The van der Waals surface area contributed by atoms with Gasteiger partial charge in [-0.05, 0) is 18.6 Å². The standard InChI is InChI=1S/C13H18O4/c1-3-6-16-12-5-4-11(10-14)13(9-12)17-8-7-15-2/h4-5,9-10H,3,6-8H2,1-2H3. The van der Waals surface area contributed by atoms with Gasteiger partial charge in [-0.2, -0.15) is 0 Å². The molecule has 0 fully saturated rings. The van der Waals surface area contributed by atoms with E-state index in [1.165, 1.54) is 0 Å². The molecule has 1 aromatic rings. The summed E-state index contributed by atoms with van der Waals surface area (Å²) in [6, 6.07) is 5.19. The molecule has 0 saturated heterocycles. The highest BCUT2D eigenvalue weighted by Gasteiger charge is 2.05. The number of methoxy groups -OCH3 is 1. The molecule has 0 aliphatic rings. The minimum atomic E-state index is 0.411. The Kier molecular flexibility index (Phi) is 6.10. The van der Waals surface area contributed by atoms with Gasteiger partial charge in [0, 0.05) is 13.2 Å². The number of hydrogen-bond acceptors (Lipinski definition) is 4. The summed E-state index contributed by atoms with van der Waals surface area (Å²) in [6.45, 7) is 3.58. The molecule has 0 aliphatic heterocycles. The van der Waals surface area contributed by atoms with Gasteiger partial charge in [0.1, 0.15) is 18.1 Å². The third-order valence-corrected chi connectivity index (χ3v) is 2.13. The van der Waals surface area contributed by atoms with E-state index in [1.54, 1.807) is 25.3 Å². The van der Waals surface area contributed by atoms with E-state index in [2.05, 4.69) is 0 Å². The lowest BCUT2D eigenvalue weighted by Crippen LogP contribution is -2.06. The van der Waals surface area contributed by atoms with Crippen LogP contribution in [0.25, 0.3) is 0 Å². The van der Waals surface area contributed by atoms with Crippen molar-refractivity contribution in [3.63, 3.8) is 0 Å². The summed E-state index contributed by atoms with van der Waals surface area (Å²) >= 11 is 0. The molecule has 94 valence electrons. The number of carbonyl (C=O) groups excluding carboxylic acids is 1. The second-order valence-electron chi connectivity index (χ2n) is 3.51. The number of rotatable bonds is 8. The lowest BCUT2D eigenvalue weighted by molar-refractivity contribution is 0.111. The van der Waals surface area contributed by atoms with Gasteiger partial charge < -0.3 is 14.2 Å². The second-order valence-corrected chi connectivity index (χ2v) is 3.51. The number of carbonyl (C=O) groups is 1. The van der Waals surface area contributed by atoms with Crippen LogP contribution < -0.4 is 9.47 Å². The Hall–Kier alpha value is -1.55. The molecule has 0 unspecified atom stereocenters. The van der Waals surface area contributed by atoms with Crippen LogP contribution in [0.1, 0.15) is 23.7 Å². The van der Waals surface area contributed by atoms with E-state index in [1.807, 2.05) is 6.92 Å². The van der Waals surface area contributed by atoms with Crippen LogP contribution in [0.3, 0.4) is 0 Å². The monoisotopic (exact) mass is 238 g/mol. The van der Waals surface area contributed by atoms with E-state index in [4.69, 9.17) is 14.2 Å². The topological polar surface area (TPSA) is 44.8 Å². The third kappa shape index (κ3) is 4.44. The molecule has 0 bridgehead atoms. The van der Waals surface area contributed by atoms with Crippen molar-refractivity contribution in [3.05, 3.63) is 23.8 Å². The summed E-state index contributed by atoms with van der Waals surface area (Å²) in [6.07, 6.45) is 1.71. The van der Waals surface area contributed by atoms with Gasteiger partial charge in [0.05, 0.1) is 18.8 Å². The van der Waals surface area contributed by atoms with Gasteiger partial charge in [0.25, 0.3) is 0 Å². The first-order valence-corrected chi connectivity index (χ1v) is 5.65. The Morgan fingerprint density at radius 3 is 2.65 bits per heavy atom. The largest absolute Gasteiger partial charge is 0.493 e. The molecule has 0 saturated carbocycles. The van der Waals surface area contributed by atoms with E-state index >= 15 is 0 Å². The summed E-state index contributed by atoms with van der Waals surface area (Å²) in [7, 11) is 1.60. The van der Waals surface area contributed by atoms with Crippen molar-refractivity contribution in [2.75, 3.05) is 26.9 Å². The first kappa shape index (κ1) is 13.5. The van der Waals surface area contributed by atoms with Crippen LogP contribution in [0.2, 0.25) is 0 Å². The van der Waals surface area contributed by atoms with Crippen molar-refractivity contribution >= 4 is 6.29 Å². The molecule has 0 aliphatic carbocycles. The average Bonchev–Trinajstić information content (AvgIpc) is 2.37. The highest BCUT2D eigenvalue weighted by atomic mass is 16.5. The van der Waals surface area contributed by atoms with Gasteiger partial charge in [-0.15, -0.1) is 0 Å². The number of benzene rings is 1. The molecule has 4 heteroatoms. The van der Waals surface area contributed by atoms with Crippen molar-refractivity contribution < 1.29 is 19.0 Å². The average molecular weight is 238 g/mol. The van der Waals surface area contributed by atoms with E-state index in [0.717, 1.165) is 12.7 Å². The maximum Gasteiger partial charge on any atom is 0.153 e. The Morgan fingerprint density at radius 2 is 2.00 bits per heavy atom. The fraction of sp³-hybridized carbons (Fsp3) is 0.462. The van der Waals surface area contributed by atoms with Gasteiger partial charge in [-0.25, -0.2) is 0 Å². The highest BCUT2D eigenvalue weighted by Crippen LogP contribution is 2.23. The lowest BCUT2D eigenvalue weighted by atomic mass is 10.2. The van der Waals surface area contributed by atoms with Crippen LogP contribution in [-0.2, 0) is 4.74 Å². The molecule has 0 aromatic heterocycles. The van der Waals surface area contributed by atoms with Crippen molar-refractivity contribution in [3.8, 4) is 11.5 Å². The van der Waals surface area contributed by atoms with Gasteiger partial charge in [0.15, 0.2) is 6.29 Å². The number of ether oxygens (including phenoxy) is 3. The van der Waals surface area contributed by atoms with Crippen molar-refractivity contribution in [2.45, 2.75) is 13.3 Å². The minimum Gasteiger partial charge on any atom is -0.493 e. The molecular formula is C13H18O4. The molecule has 1 aromatic carbocycles. The zero-order valence-electron chi connectivity index (χ0n) is 10.3. The van der Waals surface area contributed by atoms with Crippen molar-refractivity contribution in [1.82, 2.24) is 0 Å². The molecule has 0 spiro atoms.